The van der Waals surface area contributed by atoms with E-state index in [0.29, 0.717) is 16.3 Å². The zero-order valence-electron chi connectivity index (χ0n) is 14.2. The van der Waals surface area contributed by atoms with Crippen LogP contribution in [-0.2, 0) is 9.59 Å². The summed E-state index contributed by atoms with van der Waals surface area (Å²) in [6.07, 6.45) is 0.0293. The summed E-state index contributed by atoms with van der Waals surface area (Å²) < 4.78 is 13.1. The molecular weight excluding hydrogens is 359 g/mol. The predicted octanol–water partition coefficient (Wildman–Crippen LogP) is 3.54. The molecule has 0 aliphatic carbocycles. The van der Waals surface area contributed by atoms with Gasteiger partial charge in [0.2, 0.25) is 11.8 Å². The Morgan fingerprint density at radius 2 is 1.77 bits per heavy atom. The van der Waals surface area contributed by atoms with Gasteiger partial charge in [-0.1, -0.05) is 17.7 Å². The maximum atomic E-state index is 13.1. The van der Waals surface area contributed by atoms with Crippen LogP contribution in [0.25, 0.3) is 0 Å². The van der Waals surface area contributed by atoms with E-state index in [2.05, 4.69) is 5.32 Å². The van der Waals surface area contributed by atoms with Crippen molar-refractivity contribution in [2.75, 3.05) is 18.9 Å². The quantitative estimate of drug-likeness (QED) is 0.751. The van der Waals surface area contributed by atoms with Crippen LogP contribution in [0.5, 0.6) is 0 Å². The third kappa shape index (κ3) is 5.97. The fourth-order valence-electron chi connectivity index (χ4n) is 2.26. The average Bonchev–Trinajstić information content (AvgIpc) is 2.59. The first-order valence-corrected chi connectivity index (χ1v) is 8.31. The number of hydrogen-bond donors (Lipinski definition) is 1. The second-order valence-electron chi connectivity index (χ2n) is 5.74. The number of nitrogens with one attached hydrogen (secondary N) is 1. The highest BCUT2D eigenvalue weighted by Crippen LogP contribution is 2.12. The lowest BCUT2D eigenvalue weighted by molar-refractivity contribution is -0.133. The third-order valence-corrected chi connectivity index (χ3v) is 3.90. The van der Waals surface area contributed by atoms with Crippen LogP contribution in [0.1, 0.15) is 23.2 Å². The lowest BCUT2D eigenvalue weighted by Crippen LogP contribution is -2.35. The molecule has 0 aliphatic heterocycles. The van der Waals surface area contributed by atoms with Crippen molar-refractivity contribution in [1.29, 1.82) is 0 Å². The van der Waals surface area contributed by atoms with E-state index in [-0.39, 0.29) is 31.1 Å². The van der Waals surface area contributed by atoms with Gasteiger partial charge in [0.15, 0.2) is 5.78 Å². The van der Waals surface area contributed by atoms with E-state index in [9.17, 15) is 18.8 Å². The van der Waals surface area contributed by atoms with Gasteiger partial charge in [-0.2, -0.15) is 0 Å². The molecule has 2 amide bonds. The highest BCUT2D eigenvalue weighted by Gasteiger charge is 2.15. The zero-order valence-corrected chi connectivity index (χ0v) is 14.9. The number of Topliss-reactive ketones (excluding diaryl/α,β-unsaturated/α-hetero) is 1. The summed E-state index contributed by atoms with van der Waals surface area (Å²) in [6.45, 7) is -0.190. The van der Waals surface area contributed by atoms with Gasteiger partial charge in [0.25, 0.3) is 0 Å². The topological polar surface area (TPSA) is 66.5 Å². The molecule has 0 saturated heterocycles. The number of nitrogens with zero attached hydrogens (tertiary/aromatic N) is 1. The van der Waals surface area contributed by atoms with Gasteiger partial charge in [-0.25, -0.2) is 4.39 Å². The molecule has 0 radical (unpaired) electrons. The normalized spacial score (nSPS) is 10.3. The standard InChI is InChI=1S/C19H18ClFN2O3/c1-23(12-18(25)22-16-4-2-3-15(21)11-16)19(26)10-9-17(24)13-5-7-14(20)8-6-13/h2-8,11H,9-10,12H2,1H3,(H,22,25). The van der Waals surface area contributed by atoms with Gasteiger partial charge in [0.1, 0.15) is 5.82 Å². The molecule has 2 aromatic rings. The van der Waals surface area contributed by atoms with E-state index >= 15 is 0 Å². The molecule has 0 heterocycles. The fraction of sp³-hybridized carbons (Fsp3) is 0.211. The SMILES string of the molecule is CN(CC(=O)Nc1cccc(F)c1)C(=O)CCC(=O)c1ccc(Cl)cc1. The number of amides is 2. The van der Waals surface area contributed by atoms with Gasteiger partial charge in [-0.15, -0.1) is 0 Å². The number of carbonyl (C=O) groups is 3. The molecule has 26 heavy (non-hydrogen) atoms. The van der Waals surface area contributed by atoms with Crippen molar-refractivity contribution < 1.29 is 18.8 Å². The molecule has 5 nitrogen and oxygen atoms in total. The van der Waals surface area contributed by atoms with Crippen LogP contribution in [-0.4, -0.2) is 36.1 Å². The maximum absolute atomic E-state index is 13.1. The van der Waals surface area contributed by atoms with Crippen LogP contribution < -0.4 is 5.32 Å². The van der Waals surface area contributed by atoms with Gasteiger partial charge < -0.3 is 10.2 Å². The molecule has 0 aliphatic rings. The van der Waals surface area contributed by atoms with Crippen LogP contribution in [0, 0.1) is 5.82 Å². The summed E-state index contributed by atoms with van der Waals surface area (Å²) in [4.78, 5) is 37.3. The first-order valence-electron chi connectivity index (χ1n) is 7.93. The lowest BCUT2D eigenvalue weighted by atomic mass is 10.1. The van der Waals surface area contributed by atoms with Crippen LogP contribution >= 0.6 is 11.6 Å². The summed E-state index contributed by atoms with van der Waals surface area (Å²) in [7, 11) is 1.47. The van der Waals surface area contributed by atoms with Gasteiger partial charge in [0.05, 0.1) is 6.54 Å². The van der Waals surface area contributed by atoms with Crippen LogP contribution in [0.4, 0.5) is 10.1 Å². The Balaban J connectivity index is 1.80. The lowest BCUT2D eigenvalue weighted by Gasteiger charge is -2.16. The van der Waals surface area contributed by atoms with Crippen molar-refractivity contribution in [1.82, 2.24) is 4.90 Å². The summed E-state index contributed by atoms with van der Waals surface area (Å²) in [6, 6.07) is 11.9. The minimum atomic E-state index is -0.465. The fourth-order valence-corrected chi connectivity index (χ4v) is 2.39. The van der Waals surface area contributed by atoms with E-state index in [1.165, 1.54) is 30.1 Å². The number of rotatable bonds is 7. The van der Waals surface area contributed by atoms with E-state index in [4.69, 9.17) is 11.6 Å². The Hall–Kier alpha value is -2.73. The molecule has 7 heteroatoms. The molecule has 2 aromatic carbocycles. The first kappa shape index (κ1) is 19.6. The number of carbonyl (C=O) groups excluding carboxylic acids is 3. The third-order valence-electron chi connectivity index (χ3n) is 3.65. The van der Waals surface area contributed by atoms with Crippen molar-refractivity contribution in [2.24, 2.45) is 0 Å². The summed E-state index contributed by atoms with van der Waals surface area (Å²) >= 11 is 5.77. The molecule has 0 unspecified atom stereocenters. The zero-order chi connectivity index (χ0) is 19.1. The van der Waals surface area contributed by atoms with Crippen molar-refractivity contribution in [3.63, 3.8) is 0 Å². The highest BCUT2D eigenvalue weighted by molar-refractivity contribution is 6.30. The summed E-state index contributed by atoms with van der Waals surface area (Å²) in [5, 5.41) is 3.04. The van der Waals surface area contributed by atoms with Crippen LogP contribution in [0.2, 0.25) is 5.02 Å². The monoisotopic (exact) mass is 376 g/mol. The van der Waals surface area contributed by atoms with Crippen molar-refractivity contribution in [2.45, 2.75) is 12.8 Å². The predicted molar refractivity (Wildman–Crippen MR) is 97.7 cm³/mol. The average molecular weight is 377 g/mol. The summed E-state index contributed by atoms with van der Waals surface area (Å²) in [5.41, 5.74) is 0.794. The Labute approximate surface area is 155 Å². The summed E-state index contributed by atoms with van der Waals surface area (Å²) in [5.74, 6) is -1.42. The maximum Gasteiger partial charge on any atom is 0.243 e. The first-order chi connectivity index (χ1) is 12.3. The number of anilines is 1. The smallest absolute Gasteiger partial charge is 0.243 e. The Morgan fingerprint density at radius 3 is 2.42 bits per heavy atom. The van der Waals surface area contributed by atoms with Gasteiger partial charge in [-0.05, 0) is 42.5 Å². The minimum absolute atomic E-state index is 0.00873. The number of benzene rings is 2. The molecule has 2 rings (SSSR count). The Morgan fingerprint density at radius 1 is 1.08 bits per heavy atom. The molecule has 136 valence electrons. The van der Waals surface area contributed by atoms with Gasteiger partial charge in [0, 0.05) is 36.2 Å². The molecular formula is C19H18ClFN2O3. The van der Waals surface area contributed by atoms with Gasteiger partial charge >= 0.3 is 0 Å². The molecule has 1 N–H and O–H groups in total. The van der Waals surface area contributed by atoms with E-state index in [0.717, 1.165) is 0 Å². The number of ketones is 1. The van der Waals surface area contributed by atoms with Crippen LogP contribution in [0.3, 0.4) is 0 Å². The van der Waals surface area contributed by atoms with Crippen molar-refractivity contribution in [3.05, 3.63) is 64.9 Å². The largest absolute Gasteiger partial charge is 0.336 e. The number of hydrogen-bond acceptors (Lipinski definition) is 3. The minimum Gasteiger partial charge on any atom is -0.336 e. The van der Waals surface area contributed by atoms with Gasteiger partial charge in [-0.3, -0.25) is 14.4 Å². The van der Waals surface area contributed by atoms with E-state index in [1.807, 2.05) is 0 Å². The molecule has 0 aromatic heterocycles. The second-order valence-corrected chi connectivity index (χ2v) is 6.17. The number of likely N-dealkylation sites (N-methyl/N-ethyl adjacent to an activating group) is 1. The molecule has 0 spiro atoms. The molecule has 0 fully saturated rings. The van der Waals surface area contributed by atoms with E-state index in [1.54, 1.807) is 30.3 Å². The number of halogens is 2. The Kier molecular flexibility index (Phi) is 6.86. The van der Waals surface area contributed by atoms with Crippen molar-refractivity contribution in [3.8, 4) is 0 Å². The van der Waals surface area contributed by atoms with Crippen LogP contribution in [0.15, 0.2) is 48.5 Å². The molecule has 0 saturated carbocycles. The highest BCUT2D eigenvalue weighted by atomic mass is 35.5. The molecule has 0 atom stereocenters. The van der Waals surface area contributed by atoms with Crippen molar-refractivity contribution >= 4 is 34.9 Å². The van der Waals surface area contributed by atoms with E-state index < -0.39 is 11.7 Å². The Bertz CT molecular complexity index is 809. The second kappa shape index (κ2) is 9.10. The molecule has 0 bridgehead atoms.